The Bertz CT molecular complexity index is 965. The van der Waals surface area contributed by atoms with Gasteiger partial charge in [0.15, 0.2) is 5.82 Å². The van der Waals surface area contributed by atoms with Crippen LogP contribution < -0.4 is 5.32 Å². The number of para-hydroxylation sites is 1. The fraction of sp³-hybridized carbons (Fsp3) is 0.333. The van der Waals surface area contributed by atoms with Gasteiger partial charge < -0.3 is 5.32 Å². The van der Waals surface area contributed by atoms with Crippen LogP contribution in [0.3, 0.4) is 0 Å². The highest BCUT2D eigenvalue weighted by atomic mass is 35.5. The van der Waals surface area contributed by atoms with Crippen molar-refractivity contribution < 1.29 is 4.79 Å². The van der Waals surface area contributed by atoms with Crippen LogP contribution in [0.1, 0.15) is 41.5 Å². The maximum Gasteiger partial charge on any atom is 0.275 e. The maximum absolute atomic E-state index is 12.9. The average molecular weight is 356 g/mol. The molecule has 25 heavy (non-hydrogen) atoms. The summed E-state index contributed by atoms with van der Waals surface area (Å²) in [4.78, 5) is 21.6. The van der Waals surface area contributed by atoms with Gasteiger partial charge in [0.25, 0.3) is 5.91 Å². The van der Waals surface area contributed by atoms with E-state index in [2.05, 4.69) is 20.4 Å². The molecule has 0 spiro atoms. The molecule has 2 heterocycles. The highest BCUT2D eigenvalue weighted by molar-refractivity contribution is 6.34. The van der Waals surface area contributed by atoms with Crippen LogP contribution in [0.4, 0.5) is 5.82 Å². The zero-order valence-electron chi connectivity index (χ0n) is 13.9. The van der Waals surface area contributed by atoms with Crippen molar-refractivity contribution in [2.24, 2.45) is 0 Å². The third kappa shape index (κ3) is 2.87. The monoisotopic (exact) mass is 355 g/mol. The summed E-state index contributed by atoms with van der Waals surface area (Å²) in [6.45, 7) is 2.65. The van der Waals surface area contributed by atoms with E-state index in [0.29, 0.717) is 34.1 Å². The molecule has 0 radical (unpaired) electrons. The second-order valence-corrected chi connectivity index (χ2v) is 6.52. The van der Waals surface area contributed by atoms with E-state index in [9.17, 15) is 4.79 Å². The number of anilines is 1. The van der Waals surface area contributed by atoms with E-state index in [-0.39, 0.29) is 5.91 Å². The Hall–Kier alpha value is -2.47. The van der Waals surface area contributed by atoms with Crippen molar-refractivity contribution in [3.8, 4) is 0 Å². The van der Waals surface area contributed by atoms with Crippen molar-refractivity contribution in [3.63, 3.8) is 0 Å². The molecule has 1 aliphatic carbocycles. The largest absolute Gasteiger partial charge is 0.304 e. The Morgan fingerprint density at radius 3 is 3.00 bits per heavy atom. The lowest BCUT2D eigenvalue weighted by molar-refractivity contribution is 0.101. The van der Waals surface area contributed by atoms with Gasteiger partial charge in [-0.2, -0.15) is 5.10 Å². The summed E-state index contributed by atoms with van der Waals surface area (Å²) in [7, 11) is 0. The number of halogens is 1. The Labute approximate surface area is 150 Å². The number of nitrogens with one attached hydrogen (secondary N) is 1. The van der Waals surface area contributed by atoms with E-state index >= 15 is 0 Å². The molecule has 6 nitrogen and oxygen atoms in total. The molecular formula is C18H18ClN5O. The van der Waals surface area contributed by atoms with Crippen LogP contribution >= 0.6 is 11.6 Å². The minimum absolute atomic E-state index is 0.187. The first-order valence-corrected chi connectivity index (χ1v) is 8.86. The molecule has 7 heteroatoms. The molecule has 1 aromatic carbocycles. The Morgan fingerprint density at radius 2 is 2.16 bits per heavy atom. The summed E-state index contributed by atoms with van der Waals surface area (Å²) >= 11 is 6.11. The van der Waals surface area contributed by atoms with E-state index in [4.69, 9.17) is 11.6 Å². The number of aromatic nitrogens is 4. The van der Waals surface area contributed by atoms with E-state index in [1.54, 1.807) is 10.7 Å². The van der Waals surface area contributed by atoms with Gasteiger partial charge in [0.1, 0.15) is 11.2 Å². The Kier molecular flexibility index (Phi) is 4.13. The molecular weight excluding hydrogens is 338 g/mol. The van der Waals surface area contributed by atoms with Crippen molar-refractivity contribution in [3.05, 3.63) is 46.4 Å². The van der Waals surface area contributed by atoms with Crippen molar-refractivity contribution in [1.82, 2.24) is 19.7 Å². The van der Waals surface area contributed by atoms with Gasteiger partial charge in [0.2, 0.25) is 0 Å². The lowest BCUT2D eigenvalue weighted by Crippen LogP contribution is -2.20. The van der Waals surface area contributed by atoms with E-state index < -0.39 is 0 Å². The molecule has 0 aliphatic heterocycles. The predicted octanol–water partition coefficient (Wildman–Crippen LogP) is 3.63. The Morgan fingerprint density at radius 1 is 1.32 bits per heavy atom. The van der Waals surface area contributed by atoms with Crippen molar-refractivity contribution in [2.45, 2.75) is 39.2 Å². The van der Waals surface area contributed by atoms with Gasteiger partial charge in [-0.3, -0.25) is 9.48 Å². The molecule has 3 aromatic rings. The summed E-state index contributed by atoms with van der Waals surface area (Å²) in [5, 5.41) is 8.00. The van der Waals surface area contributed by atoms with Gasteiger partial charge in [-0.05, 0) is 44.7 Å². The normalized spacial score (nSPS) is 13.7. The first-order chi connectivity index (χ1) is 12.2. The van der Waals surface area contributed by atoms with Crippen molar-refractivity contribution in [1.29, 1.82) is 0 Å². The van der Waals surface area contributed by atoms with Gasteiger partial charge in [-0.15, -0.1) is 0 Å². The number of nitrogens with zero attached hydrogens (tertiary/aromatic N) is 4. The number of hydrogen-bond donors (Lipinski definition) is 1. The zero-order valence-corrected chi connectivity index (χ0v) is 14.7. The molecule has 0 saturated heterocycles. The standard InChI is InChI=1S/C18H18ClN5O/c1-2-24-17(11-6-3-4-8-13(11)23-24)18(25)22-15-10-20-16-12(19)7-5-9-14(16)21-15/h5,7,9-10H,2-4,6,8H2,1H3,(H,21,22,25). The molecule has 128 valence electrons. The lowest BCUT2D eigenvalue weighted by Gasteiger charge is -2.12. The zero-order chi connectivity index (χ0) is 17.4. The highest BCUT2D eigenvalue weighted by Crippen LogP contribution is 2.25. The molecule has 1 N–H and O–H groups in total. The van der Waals surface area contributed by atoms with E-state index in [0.717, 1.165) is 36.9 Å². The maximum atomic E-state index is 12.9. The summed E-state index contributed by atoms with van der Waals surface area (Å²) in [5.41, 5.74) is 4.04. The second-order valence-electron chi connectivity index (χ2n) is 6.11. The topological polar surface area (TPSA) is 72.7 Å². The minimum Gasteiger partial charge on any atom is -0.304 e. The predicted molar refractivity (Wildman–Crippen MR) is 97.0 cm³/mol. The molecule has 1 aliphatic rings. The number of carbonyl (C=O) groups excluding carboxylic acids is 1. The number of fused-ring (bicyclic) bond motifs is 2. The van der Waals surface area contributed by atoms with Crippen LogP contribution in [0.5, 0.6) is 0 Å². The molecule has 0 fully saturated rings. The van der Waals surface area contributed by atoms with Crippen LogP contribution in [0, 0.1) is 0 Å². The van der Waals surface area contributed by atoms with Crippen molar-refractivity contribution >= 4 is 34.4 Å². The van der Waals surface area contributed by atoms with Gasteiger partial charge >= 0.3 is 0 Å². The molecule has 4 rings (SSSR count). The number of amides is 1. The average Bonchev–Trinajstić information content (AvgIpc) is 3.00. The summed E-state index contributed by atoms with van der Waals surface area (Å²) in [5.74, 6) is 0.223. The van der Waals surface area contributed by atoms with Gasteiger partial charge in [0.05, 0.1) is 22.4 Å². The third-order valence-electron chi connectivity index (χ3n) is 4.50. The molecule has 0 saturated carbocycles. The smallest absolute Gasteiger partial charge is 0.275 e. The second kappa shape index (κ2) is 6.44. The number of aryl methyl sites for hydroxylation is 2. The fourth-order valence-corrected chi connectivity index (χ4v) is 3.55. The van der Waals surface area contributed by atoms with Crippen LogP contribution in [-0.2, 0) is 19.4 Å². The van der Waals surface area contributed by atoms with E-state index in [1.807, 2.05) is 19.1 Å². The van der Waals surface area contributed by atoms with Crippen LogP contribution in [0.2, 0.25) is 5.02 Å². The van der Waals surface area contributed by atoms with Crippen LogP contribution in [-0.4, -0.2) is 25.7 Å². The molecule has 1 amide bonds. The van der Waals surface area contributed by atoms with Gasteiger partial charge in [-0.25, -0.2) is 9.97 Å². The molecule has 0 atom stereocenters. The minimum atomic E-state index is -0.187. The fourth-order valence-electron chi connectivity index (χ4n) is 3.33. The molecule has 0 unspecified atom stereocenters. The number of hydrogen-bond acceptors (Lipinski definition) is 4. The number of benzene rings is 1. The summed E-state index contributed by atoms with van der Waals surface area (Å²) in [6, 6.07) is 5.40. The third-order valence-corrected chi connectivity index (χ3v) is 4.81. The van der Waals surface area contributed by atoms with Gasteiger partial charge in [0, 0.05) is 12.1 Å². The van der Waals surface area contributed by atoms with Crippen LogP contribution in [0.15, 0.2) is 24.4 Å². The number of carbonyl (C=O) groups is 1. The van der Waals surface area contributed by atoms with Crippen molar-refractivity contribution in [2.75, 3.05) is 5.32 Å². The molecule has 2 aromatic heterocycles. The quantitative estimate of drug-likeness (QED) is 0.778. The first-order valence-electron chi connectivity index (χ1n) is 8.48. The van der Waals surface area contributed by atoms with E-state index in [1.165, 1.54) is 6.20 Å². The molecule has 0 bridgehead atoms. The SMILES string of the molecule is CCn1nc2c(c1C(=O)Nc1cnc3c(Cl)cccc3n1)CCCC2. The highest BCUT2D eigenvalue weighted by Gasteiger charge is 2.25. The lowest BCUT2D eigenvalue weighted by atomic mass is 9.95. The van der Waals surface area contributed by atoms with Gasteiger partial charge in [-0.1, -0.05) is 17.7 Å². The first kappa shape index (κ1) is 16.0. The number of rotatable bonds is 3. The van der Waals surface area contributed by atoms with Crippen LogP contribution in [0.25, 0.3) is 11.0 Å². The summed E-state index contributed by atoms with van der Waals surface area (Å²) < 4.78 is 1.79. The summed E-state index contributed by atoms with van der Waals surface area (Å²) in [6.07, 6.45) is 5.60. The Balaban J connectivity index is 1.67.